The van der Waals surface area contributed by atoms with Crippen molar-refractivity contribution in [3.8, 4) is 0 Å². The average Bonchev–Trinajstić information content (AvgIpc) is 3.21. The Bertz CT molecular complexity index is 438. The van der Waals surface area contributed by atoms with Crippen LogP contribution in [0.15, 0.2) is 24.3 Å². The Morgan fingerprint density at radius 1 is 1.35 bits per heavy atom. The molecule has 0 radical (unpaired) electrons. The summed E-state index contributed by atoms with van der Waals surface area (Å²) >= 11 is 0. The number of hydrogen-bond acceptors (Lipinski definition) is 3. The number of amides is 1. The molecule has 20 heavy (non-hydrogen) atoms. The van der Waals surface area contributed by atoms with Crippen molar-refractivity contribution in [2.24, 2.45) is 5.92 Å². The van der Waals surface area contributed by atoms with Gasteiger partial charge in [0.25, 0.3) is 0 Å². The Kier molecular flexibility index (Phi) is 5.01. The van der Waals surface area contributed by atoms with Gasteiger partial charge >= 0.3 is 0 Å². The number of carbonyl (C=O) groups excluding carboxylic acids is 1. The molecule has 1 saturated carbocycles. The van der Waals surface area contributed by atoms with Gasteiger partial charge in [-0.05, 0) is 56.9 Å². The first-order valence-corrected chi connectivity index (χ1v) is 7.44. The normalized spacial score (nSPS) is 14.8. The largest absolute Gasteiger partial charge is 0.399 e. The lowest BCUT2D eigenvalue weighted by atomic mass is 10.2. The molecule has 1 aliphatic rings. The van der Waals surface area contributed by atoms with Crippen molar-refractivity contribution in [2.75, 3.05) is 24.1 Å². The molecular weight excluding hydrogens is 250 g/mol. The number of hydrogen-bond donors (Lipinski definition) is 2. The van der Waals surface area contributed by atoms with Crippen molar-refractivity contribution in [2.45, 2.75) is 39.2 Å². The van der Waals surface area contributed by atoms with Crippen LogP contribution in [-0.4, -0.2) is 29.9 Å². The second-order valence-electron chi connectivity index (χ2n) is 5.95. The fraction of sp³-hybridized carbons (Fsp3) is 0.562. The summed E-state index contributed by atoms with van der Waals surface area (Å²) in [6.07, 6.45) is 3.23. The predicted molar refractivity (Wildman–Crippen MR) is 83.5 cm³/mol. The van der Waals surface area contributed by atoms with Gasteiger partial charge in [0.05, 0.1) is 0 Å². The maximum Gasteiger partial charge on any atom is 0.225 e. The molecule has 0 atom stereocenters. The highest BCUT2D eigenvalue weighted by Gasteiger charge is 2.25. The minimum atomic E-state index is 0.0659. The van der Waals surface area contributed by atoms with Gasteiger partial charge < -0.3 is 16.0 Å². The number of nitrogen functional groups attached to an aromatic ring is 1. The van der Waals surface area contributed by atoms with E-state index >= 15 is 0 Å². The molecule has 0 aromatic heterocycles. The lowest BCUT2D eigenvalue weighted by Crippen LogP contribution is -2.35. The highest BCUT2D eigenvalue weighted by Crippen LogP contribution is 2.30. The van der Waals surface area contributed by atoms with Crippen molar-refractivity contribution in [1.82, 2.24) is 4.90 Å². The number of nitrogens with zero attached hydrogens (tertiary/aromatic N) is 1. The van der Waals surface area contributed by atoms with E-state index in [1.165, 1.54) is 12.8 Å². The van der Waals surface area contributed by atoms with Gasteiger partial charge in [0, 0.05) is 36.9 Å². The predicted octanol–water partition coefficient (Wildman–Crippen LogP) is 2.72. The van der Waals surface area contributed by atoms with Crippen molar-refractivity contribution < 1.29 is 4.79 Å². The summed E-state index contributed by atoms with van der Waals surface area (Å²) < 4.78 is 0. The van der Waals surface area contributed by atoms with E-state index in [9.17, 15) is 4.79 Å². The topological polar surface area (TPSA) is 58.4 Å². The third-order valence-corrected chi connectivity index (χ3v) is 3.74. The molecule has 0 unspecified atom stereocenters. The Morgan fingerprint density at radius 2 is 2.00 bits per heavy atom. The summed E-state index contributed by atoms with van der Waals surface area (Å²) in [5.74, 6) is 0.925. The summed E-state index contributed by atoms with van der Waals surface area (Å²) in [4.78, 5) is 14.4. The zero-order chi connectivity index (χ0) is 14.5. The van der Waals surface area contributed by atoms with Crippen molar-refractivity contribution in [3.05, 3.63) is 24.3 Å². The molecule has 0 saturated heterocycles. The van der Waals surface area contributed by atoms with Crippen LogP contribution in [0, 0.1) is 5.92 Å². The van der Waals surface area contributed by atoms with Crippen LogP contribution in [-0.2, 0) is 4.79 Å². The standard InChI is InChI=1S/C16H25N3O/c1-12(2)19(11-13-3-4-13)10-9-16(20)18-15-7-5-14(17)6-8-15/h5-8,12-13H,3-4,9-11,17H2,1-2H3,(H,18,20). The lowest BCUT2D eigenvalue weighted by Gasteiger charge is -2.26. The maximum absolute atomic E-state index is 12.0. The monoisotopic (exact) mass is 275 g/mol. The van der Waals surface area contributed by atoms with Crippen LogP contribution in [0.3, 0.4) is 0 Å². The minimum Gasteiger partial charge on any atom is -0.399 e. The van der Waals surface area contributed by atoms with Crippen molar-refractivity contribution >= 4 is 17.3 Å². The van der Waals surface area contributed by atoms with E-state index < -0.39 is 0 Å². The highest BCUT2D eigenvalue weighted by atomic mass is 16.1. The molecule has 0 bridgehead atoms. The van der Waals surface area contributed by atoms with E-state index in [-0.39, 0.29) is 5.91 Å². The van der Waals surface area contributed by atoms with Crippen LogP contribution in [0.25, 0.3) is 0 Å². The van der Waals surface area contributed by atoms with Gasteiger partial charge in [0.2, 0.25) is 5.91 Å². The first kappa shape index (κ1) is 14.9. The van der Waals surface area contributed by atoms with E-state index in [0.717, 1.165) is 24.7 Å². The Morgan fingerprint density at radius 3 is 2.55 bits per heavy atom. The zero-order valence-corrected chi connectivity index (χ0v) is 12.4. The Balaban J connectivity index is 1.76. The van der Waals surface area contributed by atoms with Gasteiger partial charge in [-0.2, -0.15) is 0 Å². The first-order valence-electron chi connectivity index (χ1n) is 7.44. The summed E-state index contributed by atoms with van der Waals surface area (Å²) in [5, 5.41) is 2.91. The van der Waals surface area contributed by atoms with Crippen LogP contribution >= 0.6 is 0 Å². The molecule has 110 valence electrons. The van der Waals surface area contributed by atoms with Crippen molar-refractivity contribution in [1.29, 1.82) is 0 Å². The lowest BCUT2D eigenvalue weighted by molar-refractivity contribution is -0.116. The zero-order valence-electron chi connectivity index (χ0n) is 12.4. The average molecular weight is 275 g/mol. The van der Waals surface area contributed by atoms with E-state index in [4.69, 9.17) is 5.73 Å². The fourth-order valence-electron chi connectivity index (χ4n) is 2.23. The third kappa shape index (κ3) is 4.85. The molecule has 1 aromatic carbocycles. The van der Waals surface area contributed by atoms with Gasteiger partial charge in [-0.25, -0.2) is 0 Å². The molecule has 1 aliphatic carbocycles. The van der Waals surface area contributed by atoms with E-state index in [1.54, 1.807) is 12.1 Å². The summed E-state index contributed by atoms with van der Waals surface area (Å²) in [6.45, 7) is 6.35. The smallest absolute Gasteiger partial charge is 0.225 e. The molecule has 0 spiro atoms. The number of nitrogens with two attached hydrogens (primary N) is 1. The second-order valence-corrected chi connectivity index (χ2v) is 5.95. The van der Waals surface area contributed by atoms with E-state index in [1.807, 2.05) is 12.1 Å². The van der Waals surface area contributed by atoms with Gasteiger partial charge in [-0.15, -0.1) is 0 Å². The Labute approximate surface area is 121 Å². The van der Waals surface area contributed by atoms with Gasteiger partial charge in [0.1, 0.15) is 0 Å². The Hall–Kier alpha value is -1.55. The maximum atomic E-state index is 12.0. The number of carbonyl (C=O) groups is 1. The van der Waals surface area contributed by atoms with E-state index in [0.29, 0.717) is 18.2 Å². The quantitative estimate of drug-likeness (QED) is 0.752. The van der Waals surface area contributed by atoms with Crippen LogP contribution in [0.2, 0.25) is 0 Å². The molecule has 4 nitrogen and oxygen atoms in total. The van der Waals surface area contributed by atoms with Gasteiger partial charge in [-0.3, -0.25) is 4.79 Å². The highest BCUT2D eigenvalue weighted by molar-refractivity contribution is 5.90. The molecular formula is C16H25N3O. The molecule has 1 amide bonds. The first-order chi connectivity index (χ1) is 9.54. The van der Waals surface area contributed by atoms with Crippen LogP contribution < -0.4 is 11.1 Å². The van der Waals surface area contributed by atoms with Gasteiger partial charge in [-0.1, -0.05) is 0 Å². The van der Waals surface area contributed by atoms with Gasteiger partial charge in [0.15, 0.2) is 0 Å². The third-order valence-electron chi connectivity index (χ3n) is 3.74. The summed E-state index contributed by atoms with van der Waals surface area (Å²) in [5.41, 5.74) is 7.14. The van der Waals surface area contributed by atoms with E-state index in [2.05, 4.69) is 24.1 Å². The van der Waals surface area contributed by atoms with Crippen LogP contribution in [0.4, 0.5) is 11.4 Å². The number of benzene rings is 1. The molecule has 2 rings (SSSR count). The molecule has 4 heteroatoms. The van der Waals surface area contributed by atoms with Crippen LogP contribution in [0.5, 0.6) is 0 Å². The fourth-order valence-corrected chi connectivity index (χ4v) is 2.23. The summed E-state index contributed by atoms with van der Waals surface area (Å²) in [6, 6.07) is 7.75. The summed E-state index contributed by atoms with van der Waals surface area (Å²) in [7, 11) is 0. The number of rotatable bonds is 7. The second kappa shape index (κ2) is 6.75. The molecule has 0 heterocycles. The number of anilines is 2. The van der Waals surface area contributed by atoms with Crippen molar-refractivity contribution in [3.63, 3.8) is 0 Å². The molecule has 1 fully saturated rings. The molecule has 1 aromatic rings. The molecule has 3 N–H and O–H groups in total. The SMILES string of the molecule is CC(C)N(CCC(=O)Nc1ccc(N)cc1)CC1CC1. The number of nitrogens with one attached hydrogen (secondary N) is 1. The minimum absolute atomic E-state index is 0.0659. The van der Waals surface area contributed by atoms with Crippen LogP contribution in [0.1, 0.15) is 33.1 Å². The molecule has 0 aliphatic heterocycles.